The summed E-state index contributed by atoms with van der Waals surface area (Å²) in [6, 6.07) is 5.65. The van der Waals surface area contributed by atoms with E-state index in [-0.39, 0.29) is 30.9 Å². The second-order valence-corrected chi connectivity index (χ2v) is 4.46. The Balaban J connectivity index is 2.79. The third-order valence-corrected chi connectivity index (χ3v) is 2.87. The minimum absolute atomic E-state index is 0.0189. The van der Waals surface area contributed by atoms with E-state index in [4.69, 9.17) is 5.26 Å². The van der Waals surface area contributed by atoms with Crippen LogP contribution in [-0.4, -0.2) is 28.8 Å². The van der Waals surface area contributed by atoms with Gasteiger partial charge in [-0.05, 0) is 29.7 Å². The maximum atomic E-state index is 13.2. The molecule has 1 amide bonds. The van der Waals surface area contributed by atoms with Crippen LogP contribution in [0.15, 0.2) is 18.2 Å². The number of halogens is 1. The van der Waals surface area contributed by atoms with Gasteiger partial charge in [0.05, 0.1) is 18.6 Å². The Morgan fingerprint density at radius 2 is 2.20 bits per heavy atom. The van der Waals surface area contributed by atoms with E-state index in [1.165, 1.54) is 19.1 Å². The van der Waals surface area contributed by atoms with E-state index in [1.54, 1.807) is 0 Å². The summed E-state index contributed by atoms with van der Waals surface area (Å²) in [7, 11) is 0. The van der Waals surface area contributed by atoms with Crippen molar-refractivity contribution in [3.63, 3.8) is 0 Å². The number of nitriles is 1. The van der Waals surface area contributed by atoms with E-state index in [1.807, 2.05) is 6.07 Å². The van der Waals surface area contributed by atoms with Gasteiger partial charge in [0.1, 0.15) is 11.9 Å². The lowest BCUT2D eigenvalue weighted by Crippen LogP contribution is -2.28. The lowest BCUT2D eigenvalue weighted by Gasteiger charge is -2.20. The van der Waals surface area contributed by atoms with Gasteiger partial charge in [0.2, 0.25) is 5.91 Å². The Morgan fingerprint density at radius 3 is 2.80 bits per heavy atom. The summed E-state index contributed by atoms with van der Waals surface area (Å²) < 4.78 is 13.2. The van der Waals surface area contributed by atoms with Crippen molar-refractivity contribution in [3.05, 3.63) is 35.1 Å². The van der Waals surface area contributed by atoms with Gasteiger partial charge in [-0.25, -0.2) is 4.39 Å². The molecule has 1 aromatic carbocycles. The van der Waals surface area contributed by atoms with Crippen LogP contribution in [0.3, 0.4) is 0 Å². The fourth-order valence-corrected chi connectivity index (χ4v) is 1.85. The zero-order valence-electron chi connectivity index (χ0n) is 11.1. The summed E-state index contributed by atoms with van der Waals surface area (Å²) in [5, 5.41) is 31.1. The Morgan fingerprint density at radius 1 is 1.50 bits per heavy atom. The quantitative estimate of drug-likeness (QED) is 0.719. The summed E-state index contributed by atoms with van der Waals surface area (Å²) in [5.41, 5.74) is 0.668. The Kier molecular flexibility index (Phi) is 6.10. The van der Waals surface area contributed by atoms with Crippen molar-refractivity contribution in [2.45, 2.75) is 32.0 Å². The van der Waals surface area contributed by atoms with E-state index in [0.717, 1.165) is 6.07 Å². The van der Waals surface area contributed by atoms with E-state index in [2.05, 4.69) is 5.32 Å². The van der Waals surface area contributed by atoms with Gasteiger partial charge >= 0.3 is 0 Å². The van der Waals surface area contributed by atoms with Crippen molar-refractivity contribution in [2.24, 2.45) is 0 Å². The monoisotopic (exact) mass is 280 g/mol. The molecule has 3 N–H and O–H groups in total. The molecule has 0 heterocycles. The molecule has 0 saturated heterocycles. The number of carbonyl (C=O) groups excluding carboxylic acids is 1. The number of nitrogens with zero attached hydrogens (tertiary/aromatic N) is 1. The lowest BCUT2D eigenvalue weighted by molar-refractivity contribution is -0.119. The topological polar surface area (TPSA) is 93.3 Å². The number of nitrogens with one attached hydrogen (secondary N) is 1. The fraction of sp³-hybridized carbons (Fsp3) is 0.429. The van der Waals surface area contributed by atoms with Gasteiger partial charge in [-0.3, -0.25) is 4.79 Å². The minimum Gasteiger partial charge on any atom is -0.390 e. The van der Waals surface area contributed by atoms with Crippen molar-refractivity contribution in [3.8, 4) is 6.07 Å². The molecular formula is C14H17FN2O3. The van der Waals surface area contributed by atoms with Crippen LogP contribution in [0.4, 0.5) is 4.39 Å². The van der Waals surface area contributed by atoms with Crippen LogP contribution in [0.2, 0.25) is 0 Å². The predicted molar refractivity (Wildman–Crippen MR) is 70.0 cm³/mol. The molecule has 0 aliphatic carbocycles. The molecule has 1 aromatic rings. The van der Waals surface area contributed by atoms with Crippen LogP contribution in [0.1, 0.15) is 30.6 Å². The van der Waals surface area contributed by atoms with Gasteiger partial charge in [0, 0.05) is 13.5 Å². The van der Waals surface area contributed by atoms with Crippen molar-refractivity contribution in [1.29, 1.82) is 5.26 Å². The molecule has 0 aliphatic rings. The van der Waals surface area contributed by atoms with E-state index in [9.17, 15) is 19.4 Å². The Hall–Kier alpha value is -1.97. The normalized spacial score (nSPS) is 13.3. The summed E-state index contributed by atoms with van der Waals surface area (Å²) in [5.74, 6) is -0.780. The van der Waals surface area contributed by atoms with Gasteiger partial charge in [-0.15, -0.1) is 0 Å². The van der Waals surface area contributed by atoms with Gasteiger partial charge < -0.3 is 15.5 Å². The Bertz CT molecular complexity index is 514. The highest BCUT2D eigenvalue weighted by molar-refractivity contribution is 5.72. The molecule has 0 spiro atoms. The highest BCUT2D eigenvalue weighted by Gasteiger charge is 2.21. The van der Waals surface area contributed by atoms with Crippen molar-refractivity contribution < 1.29 is 19.4 Å². The zero-order valence-corrected chi connectivity index (χ0v) is 11.1. The maximum absolute atomic E-state index is 13.2. The minimum atomic E-state index is -1.30. The third-order valence-electron chi connectivity index (χ3n) is 2.87. The maximum Gasteiger partial charge on any atom is 0.216 e. The molecule has 6 heteroatoms. The first-order valence-corrected chi connectivity index (χ1v) is 6.21. The largest absolute Gasteiger partial charge is 0.390 e. The second-order valence-electron chi connectivity index (χ2n) is 4.46. The molecule has 0 aliphatic heterocycles. The molecule has 0 bridgehead atoms. The number of hydrogen-bond acceptors (Lipinski definition) is 4. The van der Waals surface area contributed by atoms with Crippen LogP contribution < -0.4 is 5.32 Å². The second kappa shape index (κ2) is 7.58. The van der Waals surface area contributed by atoms with Crippen LogP contribution >= 0.6 is 0 Å². The molecule has 2 atom stereocenters. The first-order chi connectivity index (χ1) is 9.45. The lowest BCUT2D eigenvalue weighted by atomic mass is 9.95. The number of aliphatic hydroxyl groups excluding tert-OH is 2. The van der Waals surface area contributed by atoms with Gasteiger partial charge in [-0.2, -0.15) is 5.26 Å². The van der Waals surface area contributed by atoms with Crippen LogP contribution in [-0.2, 0) is 11.2 Å². The zero-order chi connectivity index (χ0) is 15.1. The van der Waals surface area contributed by atoms with Crippen LogP contribution in [0.5, 0.6) is 0 Å². The Labute approximate surface area is 116 Å². The number of hydrogen-bond donors (Lipinski definition) is 3. The molecule has 108 valence electrons. The number of aliphatic hydroxyl groups is 2. The van der Waals surface area contributed by atoms with Crippen molar-refractivity contribution in [2.75, 3.05) is 6.54 Å². The summed E-state index contributed by atoms with van der Waals surface area (Å²) in [6.07, 6.45) is -2.31. The highest BCUT2D eigenvalue weighted by atomic mass is 19.1. The fourth-order valence-electron chi connectivity index (χ4n) is 1.85. The predicted octanol–water partition coefficient (Wildman–Crippen LogP) is 0.812. The summed E-state index contributed by atoms with van der Waals surface area (Å²) >= 11 is 0. The standard InChI is InChI=1S/C14H17FN2O3/c1-9(18)17-7-5-13(19)14(20)12-8-11(15)3-2-10(12)4-6-16/h2-3,8,13-14,19-20H,4-5,7H2,1H3,(H,17,18). The molecule has 5 nitrogen and oxygen atoms in total. The molecule has 0 saturated carbocycles. The molecule has 1 rings (SSSR count). The average Bonchev–Trinajstić information content (AvgIpc) is 2.39. The molecule has 0 radical (unpaired) electrons. The first-order valence-electron chi connectivity index (χ1n) is 6.21. The number of amides is 1. The van der Waals surface area contributed by atoms with E-state index < -0.39 is 18.0 Å². The molecular weight excluding hydrogens is 263 g/mol. The molecule has 2 unspecified atom stereocenters. The van der Waals surface area contributed by atoms with Crippen molar-refractivity contribution >= 4 is 5.91 Å². The van der Waals surface area contributed by atoms with Crippen LogP contribution in [0, 0.1) is 17.1 Å². The van der Waals surface area contributed by atoms with Gasteiger partial charge in [0.25, 0.3) is 0 Å². The number of rotatable bonds is 6. The summed E-state index contributed by atoms with van der Waals surface area (Å²) in [6.45, 7) is 1.55. The highest BCUT2D eigenvalue weighted by Crippen LogP contribution is 2.24. The van der Waals surface area contributed by atoms with E-state index >= 15 is 0 Å². The van der Waals surface area contributed by atoms with Crippen LogP contribution in [0.25, 0.3) is 0 Å². The smallest absolute Gasteiger partial charge is 0.216 e. The first kappa shape index (κ1) is 16.1. The molecule has 20 heavy (non-hydrogen) atoms. The third kappa shape index (κ3) is 4.61. The molecule has 0 fully saturated rings. The number of benzene rings is 1. The van der Waals surface area contributed by atoms with E-state index in [0.29, 0.717) is 5.56 Å². The van der Waals surface area contributed by atoms with Crippen molar-refractivity contribution in [1.82, 2.24) is 5.32 Å². The van der Waals surface area contributed by atoms with Gasteiger partial charge in [0.15, 0.2) is 0 Å². The average molecular weight is 280 g/mol. The number of carbonyl (C=O) groups is 1. The van der Waals surface area contributed by atoms with Gasteiger partial charge in [-0.1, -0.05) is 6.07 Å². The molecule has 0 aromatic heterocycles. The SMILES string of the molecule is CC(=O)NCCC(O)C(O)c1cc(F)ccc1CC#N. The summed E-state index contributed by atoms with van der Waals surface area (Å²) in [4.78, 5) is 10.7.